The molecular formula is C18H20N4O3. The summed E-state index contributed by atoms with van der Waals surface area (Å²) in [7, 11) is 0. The van der Waals surface area contributed by atoms with Crippen molar-refractivity contribution >= 4 is 11.8 Å². The molecule has 7 nitrogen and oxygen atoms in total. The van der Waals surface area contributed by atoms with Crippen LogP contribution in [-0.4, -0.2) is 54.5 Å². The fourth-order valence-corrected chi connectivity index (χ4v) is 2.89. The van der Waals surface area contributed by atoms with Crippen molar-refractivity contribution in [3.63, 3.8) is 0 Å². The van der Waals surface area contributed by atoms with E-state index in [4.69, 9.17) is 19.4 Å². The van der Waals surface area contributed by atoms with Crippen LogP contribution in [0.25, 0.3) is 11.3 Å². The van der Waals surface area contributed by atoms with E-state index in [0.29, 0.717) is 25.8 Å². The Bertz CT molecular complexity index is 775. The van der Waals surface area contributed by atoms with Crippen LogP contribution in [0.2, 0.25) is 0 Å². The molecule has 130 valence electrons. The Hall–Kier alpha value is -2.80. The van der Waals surface area contributed by atoms with Gasteiger partial charge >= 0.3 is 0 Å². The van der Waals surface area contributed by atoms with Crippen LogP contribution in [0.4, 0.5) is 11.8 Å². The van der Waals surface area contributed by atoms with E-state index < -0.39 is 0 Å². The number of phenols is 1. The zero-order valence-electron chi connectivity index (χ0n) is 13.8. The zero-order chi connectivity index (χ0) is 17.1. The lowest BCUT2D eigenvalue weighted by molar-refractivity contribution is 0.122. The van der Waals surface area contributed by atoms with Gasteiger partial charge in [0.25, 0.3) is 0 Å². The number of aromatic nitrogens is 2. The molecule has 1 saturated heterocycles. The van der Waals surface area contributed by atoms with Gasteiger partial charge in [-0.15, -0.1) is 0 Å². The summed E-state index contributed by atoms with van der Waals surface area (Å²) in [6.07, 6.45) is 3.55. The van der Waals surface area contributed by atoms with Crippen LogP contribution in [0.1, 0.15) is 0 Å². The molecule has 1 aromatic carbocycles. The maximum atomic E-state index is 9.80. The van der Waals surface area contributed by atoms with Crippen molar-refractivity contribution in [1.82, 2.24) is 9.97 Å². The molecule has 0 aliphatic carbocycles. The summed E-state index contributed by atoms with van der Waals surface area (Å²) in [5.74, 6) is 1.71. The minimum atomic E-state index is 0.219. The van der Waals surface area contributed by atoms with Crippen molar-refractivity contribution < 1.29 is 14.6 Å². The van der Waals surface area contributed by atoms with E-state index in [0.717, 1.165) is 36.7 Å². The van der Waals surface area contributed by atoms with Crippen molar-refractivity contribution in [3.8, 4) is 17.0 Å². The molecule has 0 spiro atoms. The first-order valence-corrected chi connectivity index (χ1v) is 8.36. The van der Waals surface area contributed by atoms with Crippen LogP contribution in [0.15, 0.2) is 42.8 Å². The SMILES string of the molecule is Oc1cccc(-c2cc(N3C=COCC3)nc(N3CCOCC3)n2)c1. The smallest absolute Gasteiger partial charge is 0.228 e. The number of aromatic hydroxyl groups is 1. The highest BCUT2D eigenvalue weighted by molar-refractivity contribution is 5.67. The average molecular weight is 340 g/mol. The monoisotopic (exact) mass is 340 g/mol. The van der Waals surface area contributed by atoms with E-state index in [9.17, 15) is 5.11 Å². The van der Waals surface area contributed by atoms with E-state index in [1.165, 1.54) is 0 Å². The molecule has 0 unspecified atom stereocenters. The molecular weight excluding hydrogens is 320 g/mol. The molecule has 2 aliphatic heterocycles. The van der Waals surface area contributed by atoms with Gasteiger partial charge in [0.05, 0.1) is 31.7 Å². The molecule has 0 bridgehead atoms. The lowest BCUT2D eigenvalue weighted by Crippen LogP contribution is -2.37. The van der Waals surface area contributed by atoms with Gasteiger partial charge in [-0.3, -0.25) is 0 Å². The predicted octanol–water partition coefficient (Wildman–Crippen LogP) is 1.99. The van der Waals surface area contributed by atoms with E-state index in [1.54, 1.807) is 18.4 Å². The van der Waals surface area contributed by atoms with Gasteiger partial charge in [-0.05, 0) is 12.1 Å². The number of hydrogen-bond donors (Lipinski definition) is 1. The van der Waals surface area contributed by atoms with Crippen LogP contribution in [0.5, 0.6) is 5.75 Å². The van der Waals surface area contributed by atoms with Gasteiger partial charge in [-0.25, -0.2) is 4.98 Å². The van der Waals surface area contributed by atoms with Crippen LogP contribution in [-0.2, 0) is 9.47 Å². The van der Waals surface area contributed by atoms with Crippen molar-refractivity contribution in [2.75, 3.05) is 49.3 Å². The van der Waals surface area contributed by atoms with E-state index in [2.05, 4.69) is 4.90 Å². The number of benzene rings is 1. The third kappa shape index (κ3) is 3.51. The Morgan fingerprint density at radius 2 is 1.88 bits per heavy atom. The van der Waals surface area contributed by atoms with E-state index >= 15 is 0 Å². The fraction of sp³-hybridized carbons (Fsp3) is 0.333. The van der Waals surface area contributed by atoms with Crippen molar-refractivity contribution in [1.29, 1.82) is 0 Å². The van der Waals surface area contributed by atoms with E-state index in [-0.39, 0.29) is 5.75 Å². The summed E-state index contributed by atoms with van der Waals surface area (Å²) in [6.45, 7) is 4.23. The molecule has 3 heterocycles. The lowest BCUT2D eigenvalue weighted by Gasteiger charge is -2.29. The number of morpholine rings is 1. The third-order valence-corrected chi connectivity index (χ3v) is 4.22. The maximum absolute atomic E-state index is 9.80. The van der Waals surface area contributed by atoms with Crippen LogP contribution < -0.4 is 9.80 Å². The number of nitrogens with zero attached hydrogens (tertiary/aromatic N) is 4. The van der Waals surface area contributed by atoms with Gasteiger partial charge in [0.2, 0.25) is 5.95 Å². The number of rotatable bonds is 3. The topological polar surface area (TPSA) is 71.0 Å². The summed E-state index contributed by atoms with van der Waals surface area (Å²) in [6, 6.07) is 9.05. The number of phenolic OH excluding ortho intramolecular Hbond substituents is 1. The van der Waals surface area contributed by atoms with Gasteiger partial charge in [-0.2, -0.15) is 4.98 Å². The molecule has 1 aromatic heterocycles. The molecule has 2 aliphatic rings. The first kappa shape index (κ1) is 15.7. The summed E-state index contributed by atoms with van der Waals surface area (Å²) in [4.78, 5) is 13.6. The highest BCUT2D eigenvalue weighted by atomic mass is 16.5. The highest BCUT2D eigenvalue weighted by Gasteiger charge is 2.19. The Morgan fingerprint density at radius 3 is 2.64 bits per heavy atom. The van der Waals surface area contributed by atoms with Gasteiger partial charge in [0, 0.05) is 30.9 Å². The molecule has 0 saturated carbocycles. The first-order chi connectivity index (χ1) is 12.3. The van der Waals surface area contributed by atoms with E-state index in [1.807, 2.05) is 29.3 Å². The Labute approximate surface area is 146 Å². The second-order valence-corrected chi connectivity index (χ2v) is 5.91. The Kier molecular flexibility index (Phi) is 4.39. The van der Waals surface area contributed by atoms with Gasteiger partial charge in [0.1, 0.15) is 18.2 Å². The summed E-state index contributed by atoms with van der Waals surface area (Å²) in [5.41, 5.74) is 1.64. The summed E-state index contributed by atoms with van der Waals surface area (Å²) >= 11 is 0. The molecule has 1 N–H and O–H groups in total. The lowest BCUT2D eigenvalue weighted by atomic mass is 10.1. The standard InChI is InChI=1S/C18H20N4O3/c23-15-3-1-2-14(12-15)16-13-17(21-4-8-24-9-5-21)20-18(19-16)22-6-10-25-11-7-22/h1-4,8,12-13,23H,5-7,9-11H2. The Balaban J connectivity index is 1.76. The van der Waals surface area contributed by atoms with Crippen molar-refractivity contribution in [3.05, 3.63) is 42.8 Å². The van der Waals surface area contributed by atoms with Crippen molar-refractivity contribution in [2.24, 2.45) is 0 Å². The zero-order valence-corrected chi connectivity index (χ0v) is 13.8. The van der Waals surface area contributed by atoms with Crippen LogP contribution in [0.3, 0.4) is 0 Å². The largest absolute Gasteiger partial charge is 0.508 e. The van der Waals surface area contributed by atoms with Crippen molar-refractivity contribution in [2.45, 2.75) is 0 Å². The molecule has 1 fully saturated rings. The second-order valence-electron chi connectivity index (χ2n) is 5.91. The Morgan fingerprint density at radius 1 is 1.00 bits per heavy atom. The molecule has 4 rings (SSSR count). The van der Waals surface area contributed by atoms with Crippen LogP contribution in [0, 0.1) is 0 Å². The molecule has 7 heteroatoms. The number of ether oxygens (including phenoxy) is 2. The minimum absolute atomic E-state index is 0.219. The predicted molar refractivity (Wildman–Crippen MR) is 94.6 cm³/mol. The normalized spacial score (nSPS) is 17.4. The number of anilines is 2. The summed E-state index contributed by atoms with van der Waals surface area (Å²) < 4.78 is 10.7. The quantitative estimate of drug-likeness (QED) is 0.916. The molecule has 25 heavy (non-hydrogen) atoms. The first-order valence-electron chi connectivity index (χ1n) is 8.36. The fourth-order valence-electron chi connectivity index (χ4n) is 2.89. The maximum Gasteiger partial charge on any atom is 0.228 e. The molecule has 0 atom stereocenters. The molecule has 0 radical (unpaired) electrons. The van der Waals surface area contributed by atoms with Gasteiger partial charge in [-0.1, -0.05) is 12.1 Å². The highest BCUT2D eigenvalue weighted by Crippen LogP contribution is 2.28. The molecule has 2 aromatic rings. The minimum Gasteiger partial charge on any atom is -0.508 e. The number of hydrogen-bond acceptors (Lipinski definition) is 7. The molecule has 0 amide bonds. The van der Waals surface area contributed by atoms with Crippen LogP contribution >= 0.6 is 0 Å². The third-order valence-electron chi connectivity index (χ3n) is 4.22. The van der Waals surface area contributed by atoms with Gasteiger partial charge in [0.15, 0.2) is 0 Å². The summed E-state index contributed by atoms with van der Waals surface area (Å²) in [5, 5.41) is 9.80. The van der Waals surface area contributed by atoms with Gasteiger partial charge < -0.3 is 24.4 Å². The average Bonchev–Trinajstić information content (AvgIpc) is 2.69. The second kappa shape index (κ2) is 6.98.